The Morgan fingerprint density at radius 1 is 1.13 bits per heavy atom. The molecule has 1 aromatic carbocycles. The molecule has 2 saturated heterocycles. The van der Waals surface area contributed by atoms with Gasteiger partial charge in [-0.3, -0.25) is 9.69 Å². The van der Waals surface area contributed by atoms with E-state index in [1.165, 1.54) is 31.5 Å². The monoisotopic (exact) mass is 359 g/mol. The lowest BCUT2D eigenvalue weighted by atomic mass is 10.1. The molecule has 2 aliphatic heterocycles. The minimum Gasteiger partial charge on any atom is -0.334 e. The molecule has 1 aromatic rings. The van der Waals surface area contributed by atoms with Crippen molar-refractivity contribution in [2.24, 2.45) is 5.73 Å². The zero-order valence-corrected chi connectivity index (χ0v) is 15.1. The number of nitrogens with zero attached hydrogens (tertiary/aromatic N) is 2. The van der Waals surface area contributed by atoms with E-state index in [0.29, 0.717) is 6.54 Å². The molecule has 1 amide bonds. The summed E-state index contributed by atoms with van der Waals surface area (Å²) in [5, 5.41) is 0. The Kier molecular flexibility index (Phi) is 8.34. The summed E-state index contributed by atoms with van der Waals surface area (Å²) in [4.78, 5) is 17.1. The van der Waals surface area contributed by atoms with Crippen molar-refractivity contribution in [2.45, 2.75) is 38.3 Å². The largest absolute Gasteiger partial charge is 0.334 e. The minimum atomic E-state index is 0. The third kappa shape index (κ3) is 4.83. The second-order valence-electron chi connectivity index (χ2n) is 6.21. The first kappa shape index (κ1) is 20.2. The molecule has 2 heterocycles. The van der Waals surface area contributed by atoms with Crippen molar-refractivity contribution in [1.29, 1.82) is 0 Å². The maximum atomic E-state index is 12.7. The summed E-state index contributed by atoms with van der Waals surface area (Å²) in [7, 11) is 0. The Labute approximate surface area is 151 Å². The van der Waals surface area contributed by atoms with Crippen LogP contribution in [-0.2, 0) is 6.54 Å². The normalized spacial score (nSPS) is 20.9. The van der Waals surface area contributed by atoms with Crippen LogP contribution in [0.15, 0.2) is 24.3 Å². The summed E-state index contributed by atoms with van der Waals surface area (Å²) in [6.07, 6.45) is 4.70. The number of benzene rings is 1. The molecule has 0 radical (unpaired) electrons. The number of halogens is 2. The van der Waals surface area contributed by atoms with Crippen LogP contribution in [-0.4, -0.2) is 47.9 Å². The van der Waals surface area contributed by atoms with E-state index in [4.69, 9.17) is 5.73 Å². The Hall–Kier alpha value is -0.810. The molecule has 3 rings (SSSR count). The van der Waals surface area contributed by atoms with Crippen LogP contribution in [0.25, 0.3) is 0 Å². The van der Waals surface area contributed by atoms with E-state index in [1.807, 2.05) is 17.0 Å². The van der Waals surface area contributed by atoms with Gasteiger partial charge in [0.15, 0.2) is 0 Å². The summed E-state index contributed by atoms with van der Waals surface area (Å²) >= 11 is 0. The van der Waals surface area contributed by atoms with Gasteiger partial charge in [0.05, 0.1) is 0 Å². The Morgan fingerprint density at radius 3 is 2.57 bits per heavy atom. The highest BCUT2D eigenvalue weighted by atomic mass is 35.5. The van der Waals surface area contributed by atoms with Gasteiger partial charge in [0.2, 0.25) is 0 Å². The lowest BCUT2D eigenvalue weighted by molar-refractivity contribution is 0.0741. The fourth-order valence-corrected chi connectivity index (χ4v) is 3.52. The van der Waals surface area contributed by atoms with Gasteiger partial charge in [-0.05, 0) is 56.5 Å². The molecule has 1 unspecified atom stereocenters. The number of nitrogens with two attached hydrogens (primary N) is 1. The number of likely N-dealkylation sites (tertiary alicyclic amines) is 2. The molecule has 2 fully saturated rings. The molecule has 2 N–H and O–H groups in total. The Balaban J connectivity index is 0.00000132. The highest BCUT2D eigenvalue weighted by Crippen LogP contribution is 2.20. The molecule has 130 valence electrons. The van der Waals surface area contributed by atoms with Gasteiger partial charge in [-0.2, -0.15) is 0 Å². The molecule has 0 saturated carbocycles. The van der Waals surface area contributed by atoms with Gasteiger partial charge in [0.25, 0.3) is 5.91 Å². The first-order valence-corrected chi connectivity index (χ1v) is 8.10. The number of carbonyl (C=O) groups is 1. The Bertz CT molecular complexity index is 506. The SMILES string of the molecule is Cl.Cl.NCC1CCCN1C(=O)c1cccc(CN2CCCC2)c1. The van der Waals surface area contributed by atoms with Crippen molar-refractivity contribution in [3.63, 3.8) is 0 Å². The third-order valence-electron chi connectivity index (χ3n) is 4.69. The van der Waals surface area contributed by atoms with Gasteiger partial charge in [-0.25, -0.2) is 0 Å². The lowest BCUT2D eigenvalue weighted by Gasteiger charge is -2.24. The molecule has 6 heteroatoms. The molecule has 4 nitrogen and oxygen atoms in total. The molecule has 0 aromatic heterocycles. The van der Waals surface area contributed by atoms with Crippen LogP contribution >= 0.6 is 24.8 Å². The van der Waals surface area contributed by atoms with E-state index >= 15 is 0 Å². The maximum Gasteiger partial charge on any atom is 0.254 e. The summed E-state index contributed by atoms with van der Waals surface area (Å²) in [6.45, 7) is 4.73. The fraction of sp³-hybridized carbons (Fsp3) is 0.588. The van der Waals surface area contributed by atoms with Gasteiger partial charge in [0.1, 0.15) is 0 Å². The van der Waals surface area contributed by atoms with Crippen LogP contribution < -0.4 is 5.73 Å². The van der Waals surface area contributed by atoms with Gasteiger partial charge >= 0.3 is 0 Å². The van der Waals surface area contributed by atoms with Crippen LogP contribution in [0.1, 0.15) is 41.6 Å². The van der Waals surface area contributed by atoms with Crippen molar-refractivity contribution in [3.05, 3.63) is 35.4 Å². The predicted molar refractivity (Wildman–Crippen MR) is 98.6 cm³/mol. The van der Waals surface area contributed by atoms with E-state index in [-0.39, 0.29) is 36.8 Å². The fourth-order valence-electron chi connectivity index (χ4n) is 3.52. The molecule has 0 bridgehead atoms. The van der Waals surface area contributed by atoms with E-state index in [1.54, 1.807) is 0 Å². The molecule has 23 heavy (non-hydrogen) atoms. The second-order valence-corrected chi connectivity index (χ2v) is 6.21. The zero-order chi connectivity index (χ0) is 14.7. The van der Waals surface area contributed by atoms with Gasteiger partial charge in [0, 0.05) is 31.2 Å². The summed E-state index contributed by atoms with van der Waals surface area (Å²) in [5.41, 5.74) is 7.83. The van der Waals surface area contributed by atoms with Crippen LogP contribution in [0.2, 0.25) is 0 Å². The van der Waals surface area contributed by atoms with Gasteiger partial charge in [-0.15, -0.1) is 24.8 Å². The van der Waals surface area contributed by atoms with Crippen LogP contribution in [0.3, 0.4) is 0 Å². The average Bonchev–Trinajstić information content (AvgIpc) is 3.17. The van der Waals surface area contributed by atoms with Crippen LogP contribution in [0.5, 0.6) is 0 Å². The van der Waals surface area contributed by atoms with Crippen molar-refractivity contribution in [1.82, 2.24) is 9.80 Å². The standard InChI is InChI=1S/C17H25N3O.2ClH/c18-12-16-7-4-10-20(16)17(21)15-6-3-5-14(11-15)13-19-8-1-2-9-19;;/h3,5-6,11,16H,1-2,4,7-10,12-13,18H2;2*1H. The molecule has 2 aliphatic rings. The molecular weight excluding hydrogens is 333 g/mol. The molecule has 1 atom stereocenters. The summed E-state index contributed by atoms with van der Waals surface area (Å²) in [6, 6.07) is 8.35. The molecule has 0 spiro atoms. The third-order valence-corrected chi connectivity index (χ3v) is 4.69. The lowest BCUT2D eigenvalue weighted by Crippen LogP contribution is -2.39. The van der Waals surface area contributed by atoms with E-state index in [0.717, 1.165) is 31.5 Å². The van der Waals surface area contributed by atoms with Crippen molar-refractivity contribution >= 4 is 30.7 Å². The molecule has 0 aliphatic carbocycles. The molecular formula is C17H27Cl2N3O. The number of rotatable bonds is 4. The quantitative estimate of drug-likeness (QED) is 0.898. The average molecular weight is 360 g/mol. The van der Waals surface area contributed by atoms with Crippen molar-refractivity contribution in [3.8, 4) is 0 Å². The number of carbonyl (C=O) groups excluding carboxylic acids is 1. The van der Waals surface area contributed by atoms with Crippen molar-refractivity contribution in [2.75, 3.05) is 26.2 Å². The number of hydrogen-bond donors (Lipinski definition) is 1. The summed E-state index contributed by atoms with van der Waals surface area (Å²) in [5.74, 6) is 0.145. The van der Waals surface area contributed by atoms with Crippen LogP contribution in [0.4, 0.5) is 0 Å². The first-order chi connectivity index (χ1) is 10.3. The van der Waals surface area contributed by atoms with Crippen molar-refractivity contribution < 1.29 is 4.79 Å². The minimum absolute atomic E-state index is 0. The predicted octanol–water partition coefficient (Wildman–Crippen LogP) is 2.69. The first-order valence-electron chi connectivity index (χ1n) is 8.10. The second kappa shape index (κ2) is 9.48. The van der Waals surface area contributed by atoms with E-state index in [9.17, 15) is 4.79 Å². The number of amides is 1. The number of hydrogen-bond acceptors (Lipinski definition) is 3. The highest BCUT2D eigenvalue weighted by Gasteiger charge is 2.28. The smallest absolute Gasteiger partial charge is 0.254 e. The Morgan fingerprint density at radius 2 is 1.87 bits per heavy atom. The maximum absolute atomic E-state index is 12.7. The topological polar surface area (TPSA) is 49.6 Å². The highest BCUT2D eigenvalue weighted by molar-refractivity contribution is 5.94. The van der Waals surface area contributed by atoms with E-state index < -0.39 is 0 Å². The summed E-state index contributed by atoms with van der Waals surface area (Å²) < 4.78 is 0. The van der Waals surface area contributed by atoms with E-state index in [2.05, 4.69) is 17.0 Å². The zero-order valence-electron chi connectivity index (χ0n) is 13.4. The van der Waals surface area contributed by atoms with Crippen LogP contribution in [0, 0.1) is 0 Å². The van der Waals surface area contributed by atoms with Gasteiger partial charge in [-0.1, -0.05) is 12.1 Å². The van der Waals surface area contributed by atoms with Gasteiger partial charge < -0.3 is 10.6 Å².